The lowest BCUT2D eigenvalue weighted by atomic mass is 9.96. The van der Waals surface area contributed by atoms with Gasteiger partial charge in [0.25, 0.3) is 0 Å². The van der Waals surface area contributed by atoms with Gasteiger partial charge in [-0.1, -0.05) is 13.8 Å². The van der Waals surface area contributed by atoms with E-state index in [1.54, 1.807) is 11.3 Å². The summed E-state index contributed by atoms with van der Waals surface area (Å²) in [6, 6.07) is 2.18. The first kappa shape index (κ1) is 12.0. The van der Waals surface area contributed by atoms with Crippen LogP contribution in [0.15, 0.2) is 16.8 Å². The number of alkyl halides is 1. The number of rotatable bonds is 6. The molecular weight excluding hydrogens is 214 g/mol. The van der Waals surface area contributed by atoms with E-state index in [4.69, 9.17) is 11.6 Å². The van der Waals surface area contributed by atoms with Crippen LogP contribution < -0.4 is 5.32 Å². The van der Waals surface area contributed by atoms with Gasteiger partial charge in [0, 0.05) is 12.4 Å². The number of hydrogen-bond acceptors (Lipinski definition) is 2. The van der Waals surface area contributed by atoms with Crippen LogP contribution in [0.25, 0.3) is 0 Å². The highest BCUT2D eigenvalue weighted by molar-refractivity contribution is 7.07. The van der Waals surface area contributed by atoms with E-state index < -0.39 is 0 Å². The maximum Gasteiger partial charge on any atom is 0.0286 e. The third-order valence-electron chi connectivity index (χ3n) is 2.14. The summed E-state index contributed by atoms with van der Waals surface area (Å²) in [5.41, 5.74) is 1.63. The summed E-state index contributed by atoms with van der Waals surface area (Å²) in [6.07, 6.45) is 1.11. The van der Waals surface area contributed by atoms with Gasteiger partial charge >= 0.3 is 0 Å². The van der Waals surface area contributed by atoms with E-state index in [-0.39, 0.29) is 5.41 Å². The Labute approximate surface area is 95.5 Å². The van der Waals surface area contributed by atoms with Crippen molar-refractivity contribution in [3.8, 4) is 0 Å². The van der Waals surface area contributed by atoms with Gasteiger partial charge in [-0.05, 0) is 40.8 Å². The summed E-state index contributed by atoms with van der Waals surface area (Å²) in [6.45, 7) is 6.38. The van der Waals surface area contributed by atoms with Crippen LogP contribution >= 0.6 is 22.9 Å². The largest absolute Gasteiger partial charge is 0.316 e. The van der Waals surface area contributed by atoms with Crippen LogP contribution in [-0.4, -0.2) is 19.0 Å². The number of halogens is 1. The molecule has 14 heavy (non-hydrogen) atoms. The predicted molar refractivity (Wildman–Crippen MR) is 65.4 cm³/mol. The molecule has 0 aliphatic heterocycles. The van der Waals surface area contributed by atoms with Crippen molar-refractivity contribution in [1.29, 1.82) is 0 Å². The fourth-order valence-electron chi connectivity index (χ4n) is 1.14. The highest BCUT2D eigenvalue weighted by Gasteiger charge is 2.14. The van der Waals surface area contributed by atoms with E-state index in [1.807, 2.05) is 0 Å². The average molecular weight is 232 g/mol. The zero-order valence-corrected chi connectivity index (χ0v) is 10.4. The van der Waals surface area contributed by atoms with Gasteiger partial charge in [-0.3, -0.25) is 0 Å². The molecule has 0 fully saturated rings. The summed E-state index contributed by atoms with van der Waals surface area (Å²) in [7, 11) is 0. The molecule has 0 saturated heterocycles. The lowest BCUT2D eigenvalue weighted by Gasteiger charge is -2.21. The molecule has 1 nitrogen and oxygen atoms in total. The topological polar surface area (TPSA) is 12.0 Å². The molecule has 1 N–H and O–H groups in total. The van der Waals surface area contributed by atoms with Crippen molar-refractivity contribution in [2.75, 3.05) is 19.0 Å². The Morgan fingerprint density at radius 1 is 1.50 bits per heavy atom. The lowest BCUT2D eigenvalue weighted by molar-refractivity contribution is 0.387. The van der Waals surface area contributed by atoms with Crippen LogP contribution in [-0.2, 0) is 6.42 Å². The van der Waals surface area contributed by atoms with Gasteiger partial charge in [-0.15, -0.1) is 11.6 Å². The molecule has 1 aromatic heterocycles. The number of hydrogen-bond donors (Lipinski definition) is 1. The first-order chi connectivity index (χ1) is 6.64. The molecule has 0 amide bonds. The third-order valence-corrected chi connectivity index (χ3v) is 3.59. The first-order valence-electron chi connectivity index (χ1n) is 4.92. The van der Waals surface area contributed by atoms with E-state index in [0.717, 1.165) is 19.5 Å². The molecule has 1 rings (SSSR count). The second-order valence-corrected chi connectivity index (χ2v) is 5.40. The highest BCUT2D eigenvalue weighted by atomic mass is 35.5. The van der Waals surface area contributed by atoms with E-state index in [9.17, 15) is 0 Å². The fourth-order valence-corrected chi connectivity index (χ4v) is 1.94. The summed E-state index contributed by atoms with van der Waals surface area (Å²) in [5, 5.41) is 7.76. The SMILES string of the molecule is CC(C)(CCl)CNCCc1ccsc1. The highest BCUT2D eigenvalue weighted by Crippen LogP contribution is 2.15. The molecular formula is C11H18ClNS. The van der Waals surface area contributed by atoms with E-state index >= 15 is 0 Å². The molecule has 0 spiro atoms. The van der Waals surface area contributed by atoms with Crippen molar-refractivity contribution in [2.24, 2.45) is 5.41 Å². The molecule has 3 heteroatoms. The summed E-state index contributed by atoms with van der Waals surface area (Å²) >= 11 is 7.59. The Hall–Kier alpha value is -0.0500. The van der Waals surface area contributed by atoms with Crippen molar-refractivity contribution in [3.05, 3.63) is 22.4 Å². The molecule has 0 atom stereocenters. The standard InChI is InChI=1S/C11H18ClNS/c1-11(2,8-12)9-13-5-3-10-4-6-14-7-10/h4,6-7,13H,3,5,8-9H2,1-2H3. The van der Waals surface area contributed by atoms with Gasteiger partial charge in [-0.2, -0.15) is 11.3 Å². The number of thiophene rings is 1. The average Bonchev–Trinajstić information content (AvgIpc) is 2.65. The Balaban J connectivity index is 2.11. The summed E-state index contributed by atoms with van der Waals surface area (Å²) < 4.78 is 0. The van der Waals surface area contributed by atoms with Crippen molar-refractivity contribution >= 4 is 22.9 Å². The monoisotopic (exact) mass is 231 g/mol. The molecule has 80 valence electrons. The Kier molecular flexibility index (Phi) is 4.93. The quantitative estimate of drug-likeness (QED) is 0.586. The van der Waals surface area contributed by atoms with Crippen LogP contribution in [0.4, 0.5) is 0 Å². The minimum absolute atomic E-state index is 0.205. The maximum atomic E-state index is 5.83. The molecule has 0 unspecified atom stereocenters. The Bertz CT molecular complexity index is 244. The fraction of sp³-hybridized carbons (Fsp3) is 0.636. The van der Waals surface area contributed by atoms with Crippen molar-refractivity contribution in [1.82, 2.24) is 5.32 Å². The molecule has 1 heterocycles. The molecule has 0 saturated carbocycles. The normalized spacial score (nSPS) is 11.9. The second kappa shape index (κ2) is 5.74. The van der Waals surface area contributed by atoms with E-state index in [0.29, 0.717) is 5.88 Å². The van der Waals surface area contributed by atoms with Crippen LogP contribution in [0.1, 0.15) is 19.4 Å². The van der Waals surface area contributed by atoms with Gasteiger partial charge in [0.2, 0.25) is 0 Å². The van der Waals surface area contributed by atoms with Crippen LogP contribution in [0.3, 0.4) is 0 Å². The van der Waals surface area contributed by atoms with E-state index in [2.05, 4.69) is 36.0 Å². The maximum absolute atomic E-state index is 5.83. The zero-order valence-electron chi connectivity index (χ0n) is 8.85. The van der Waals surface area contributed by atoms with Gasteiger partial charge in [-0.25, -0.2) is 0 Å². The molecule has 0 aromatic carbocycles. The van der Waals surface area contributed by atoms with Crippen molar-refractivity contribution in [2.45, 2.75) is 20.3 Å². The third kappa shape index (κ3) is 4.45. The van der Waals surface area contributed by atoms with Crippen LogP contribution in [0, 0.1) is 5.41 Å². The molecule has 0 radical (unpaired) electrons. The number of nitrogens with one attached hydrogen (secondary N) is 1. The molecule has 0 aliphatic rings. The second-order valence-electron chi connectivity index (χ2n) is 4.36. The Morgan fingerprint density at radius 2 is 2.29 bits per heavy atom. The minimum atomic E-state index is 0.205. The first-order valence-corrected chi connectivity index (χ1v) is 6.39. The summed E-state index contributed by atoms with van der Waals surface area (Å²) in [5.74, 6) is 0.707. The zero-order chi connectivity index (χ0) is 10.4. The molecule has 1 aromatic rings. The van der Waals surface area contributed by atoms with Crippen LogP contribution in [0.5, 0.6) is 0 Å². The van der Waals surface area contributed by atoms with Gasteiger partial charge < -0.3 is 5.32 Å². The van der Waals surface area contributed by atoms with Crippen molar-refractivity contribution < 1.29 is 0 Å². The predicted octanol–water partition coefficient (Wildman–Crippen LogP) is 3.15. The van der Waals surface area contributed by atoms with Gasteiger partial charge in [0.1, 0.15) is 0 Å². The van der Waals surface area contributed by atoms with Crippen LogP contribution in [0.2, 0.25) is 0 Å². The van der Waals surface area contributed by atoms with Gasteiger partial charge in [0.05, 0.1) is 0 Å². The van der Waals surface area contributed by atoms with Gasteiger partial charge in [0.15, 0.2) is 0 Å². The molecule has 0 aliphatic carbocycles. The lowest BCUT2D eigenvalue weighted by Crippen LogP contribution is -2.31. The molecule has 0 bridgehead atoms. The summed E-state index contributed by atoms with van der Waals surface area (Å²) in [4.78, 5) is 0. The minimum Gasteiger partial charge on any atom is -0.316 e. The Morgan fingerprint density at radius 3 is 2.86 bits per heavy atom. The smallest absolute Gasteiger partial charge is 0.0286 e. The van der Waals surface area contributed by atoms with Crippen molar-refractivity contribution in [3.63, 3.8) is 0 Å². The van der Waals surface area contributed by atoms with E-state index in [1.165, 1.54) is 5.56 Å².